The molecule has 3 atom stereocenters. The topological polar surface area (TPSA) is 72.1 Å². The number of rotatable bonds is 6. The third-order valence-electron chi connectivity index (χ3n) is 8.81. The second-order valence-electron chi connectivity index (χ2n) is 10.8. The summed E-state index contributed by atoms with van der Waals surface area (Å²) >= 11 is 0. The molecule has 40 heavy (non-hydrogen) atoms. The molecule has 2 saturated heterocycles. The quantitative estimate of drug-likeness (QED) is 0.438. The molecule has 1 saturated carbocycles. The van der Waals surface area contributed by atoms with E-state index < -0.39 is 29.3 Å². The first-order chi connectivity index (χ1) is 19.2. The van der Waals surface area contributed by atoms with E-state index in [1.807, 2.05) is 6.07 Å². The summed E-state index contributed by atoms with van der Waals surface area (Å²) in [6, 6.07) is 8.46. The van der Waals surface area contributed by atoms with Crippen LogP contribution in [0.15, 0.2) is 36.4 Å². The Morgan fingerprint density at radius 1 is 1.05 bits per heavy atom. The van der Waals surface area contributed by atoms with Crippen molar-refractivity contribution >= 4 is 11.7 Å². The molecule has 5 rings (SSSR count). The fourth-order valence-electron chi connectivity index (χ4n) is 6.84. The fraction of sp³-hybridized carbons (Fsp3) is 0.552. The number of urea groups is 1. The number of benzene rings is 2. The van der Waals surface area contributed by atoms with Crippen molar-refractivity contribution in [2.75, 3.05) is 39.3 Å². The molecule has 3 unspecified atom stereocenters. The fourth-order valence-corrected chi connectivity index (χ4v) is 6.84. The third kappa shape index (κ3) is 5.45. The smallest absolute Gasteiger partial charge is 0.419 e. The number of carbonyl (C=O) groups is 1. The zero-order valence-corrected chi connectivity index (χ0v) is 22.7. The van der Waals surface area contributed by atoms with Crippen LogP contribution in [-0.4, -0.2) is 63.0 Å². The van der Waals surface area contributed by atoms with E-state index in [4.69, 9.17) is 14.2 Å². The van der Waals surface area contributed by atoms with Crippen molar-refractivity contribution in [3.8, 4) is 11.5 Å². The van der Waals surface area contributed by atoms with Crippen LogP contribution in [-0.2, 0) is 16.3 Å². The molecule has 2 heterocycles. The van der Waals surface area contributed by atoms with Gasteiger partial charge in [0.15, 0.2) is 17.3 Å². The zero-order chi connectivity index (χ0) is 28.5. The van der Waals surface area contributed by atoms with Crippen molar-refractivity contribution in [2.24, 2.45) is 0 Å². The molecule has 0 spiro atoms. The number of ether oxygens (including phenoxy) is 3. The molecular weight excluding hydrogens is 530 g/mol. The number of likely N-dealkylation sites (tertiary alicyclic amines) is 1. The lowest BCUT2D eigenvalue weighted by atomic mass is 9.65. The Hall–Kier alpha value is -3.05. The van der Waals surface area contributed by atoms with E-state index in [0.29, 0.717) is 49.7 Å². The highest BCUT2D eigenvalue weighted by Crippen LogP contribution is 2.51. The predicted molar refractivity (Wildman–Crippen MR) is 141 cm³/mol. The highest BCUT2D eigenvalue weighted by atomic mass is 19.4. The SMILES string of the molecule is COc1ccc(C23CCC(NC(=O)Nc4cccc(C(F)(F)F)c4F)CC2N(C2CCOCC2)CC3)cc1OC. The molecule has 3 aliphatic rings. The van der Waals surface area contributed by atoms with E-state index in [9.17, 15) is 22.4 Å². The molecule has 7 nitrogen and oxygen atoms in total. The van der Waals surface area contributed by atoms with Crippen LogP contribution in [0.1, 0.15) is 49.7 Å². The Labute approximate surface area is 231 Å². The zero-order valence-electron chi connectivity index (χ0n) is 22.7. The minimum absolute atomic E-state index is 0.123. The summed E-state index contributed by atoms with van der Waals surface area (Å²) in [6.45, 7) is 2.34. The summed E-state index contributed by atoms with van der Waals surface area (Å²) in [5.74, 6) is -0.171. The molecule has 11 heteroatoms. The summed E-state index contributed by atoms with van der Waals surface area (Å²) in [7, 11) is 3.22. The summed E-state index contributed by atoms with van der Waals surface area (Å²) in [6.07, 6.45) is 0.104. The van der Waals surface area contributed by atoms with Crippen LogP contribution in [0, 0.1) is 5.82 Å². The molecule has 2 N–H and O–H groups in total. The Kier molecular flexibility index (Phi) is 8.15. The van der Waals surface area contributed by atoms with Crippen LogP contribution in [0.3, 0.4) is 0 Å². The van der Waals surface area contributed by atoms with E-state index >= 15 is 0 Å². The van der Waals surface area contributed by atoms with Crippen molar-refractivity contribution in [3.63, 3.8) is 0 Å². The Morgan fingerprint density at radius 2 is 1.80 bits per heavy atom. The number of carbonyl (C=O) groups excluding carboxylic acids is 1. The van der Waals surface area contributed by atoms with Crippen LogP contribution in [0.2, 0.25) is 0 Å². The number of hydrogen-bond donors (Lipinski definition) is 2. The van der Waals surface area contributed by atoms with Gasteiger partial charge in [0.2, 0.25) is 0 Å². The number of methoxy groups -OCH3 is 2. The molecule has 2 aliphatic heterocycles. The van der Waals surface area contributed by atoms with Gasteiger partial charge in [-0.3, -0.25) is 4.90 Å². The van der Waals surface area contributed by atoms with Crippen LogP contribution >= 0.6 is 0 Å². The van der Waals surface area contributed by atoms with E-state index in [0.717, 1.165) is 44.4 Å². The Balaban J connectivity index is 1.36. The van der Waals surface area contributed by atoms with Crippen molar-refractivity contribution < 1.29 is 36.6 Å². The van der Waals surface area contributed by atoms with Crippen molar-refractivity contribution in [1.82, 2.24) is 10.2 Å². The largest absolute Gasteiger partial charge is 0.493 e. The number of fused-ring (bicyclic) bond motifs is 1. The van der Waals surface area contributed by atoms with Crippen LogP contribution < -0.4 is 20.1 Å². The second-order valence-corrected chi connectivity index (χ2v) is 10.8. The van der Waals surface area contributed by atoms with Gasteiger partial charge in [0.05, 0.1) is 25.5 Å². The summed E-state index contributed by atoms with van der Waals surface area (Å²) in [5.41, 5.74) is -0.911. The summed E-state index contributed by atoms with van der Waals surface area (Å²) in [5, 5.41) is 5.19. The van der Waals surface area contributed by atoms with Gasteiger partial charge in [0, 0.05) is 36.8 Å². The molecule has 2 aromatic carbocycles. The van der Waals surface area contributed by atoms with Gasteiger partial charge in [-0.2, -0.15) is 13.2 Å². The maximum absolute atomic E-state index is 14.5. The van der Waals surface area contributed by atoms with Crippen LogP contribution in [0.25, 0.3) is 0 Å². The molecule has 2 amide bonds. The normalized spacial score (nSPS) is 25.8. The second kappa shape index (κ2) is 11.4. The molecule has 0 radical (unpaired) electrons. The van der Waals surface area contributed by atoms with Crippen molar-refractivity contribution in [2.45, 2.75) is 68.2 Å². The first-order valence-electron chi connectivity index (χ1n) is 13.7. The number of halogens is 4. The van der Waals surface area contributed by atoms with Gasteiger partial charge in [0.25, 0.3) is 0 Å². The molecule has 2 aromatic rings. The highest BCUT2D eigenvalue weighted by molar-refractivity contribution is 5.89. The minimum Gasteiger partial charge on any atom is -0.493 e. The van der Waals surface area contributed by atoms with E-state index in [-0.39, 0.29) is 17.5 Å². The highest BCUT2D eigenvalue weighted by Gasteiger charge is 2.53. The first kappa shape index (κ1) is 28.5. The first-order valence-corrected chi connectivity index (χ1v) is 13.7. The number of nitrogens with one attached hydrogen (secondary N) is 2. The van der Waals surface area contributed by atoms with Gasteiger partial charge in [-0.15, -0.1) is 0 Å². The number of anilines is 1. The lowest BCUT2D eigenvalue weighted by Gasteiger charge is -2.47. The van der Waals surface area contributed by atoms with Gasteiger partial charge in [-0.25, -0.2) is 9.18 Å². The third-order valence-corrected chi connectivity index (χ3v) is 8.81. The van der Waals surface area contributed by atoms with Crippen molar-refractivity contribution in [3.05, 3.63) is 53.3 Å². The van der Waals surface area contributed by atoms with Gasteiger partial charge < -0.3 is 24.8 Å². The van der Waals surface area contributed by atoms with E-state index in [2.05, 4.69) is 27.7 Å². The average Bonchev–Trinajstić information content (AvgIpc) is 3.33. The number of amides is 2. The standard InChI is InChI=1S/C29H35F4N3O4/c1-38-23-7-6-18(16-24(23)39-2)28-11-8-19(17-25(28)36(13-12-28)20-9-14-40-15-10-20)34-27(37)35-22-5-3-4-21(26(22)30)29(31,32)33/h3-7,16,19-20,25H,8-15,17H2,1-2H3,(H2,34,35,37). The van der Waals surface area contributed by atoms with Gasteiger partial charge >= 0.3 is 12.2 Å². The van der Waals surface area contributed by atoms with Crippen LogP contribution in [0.4, 0.5) is 28.0 Å². The lowest BCUT2D eigenvalue weighted by Crippen LogP contribution is -2.55. The van der Waals surface area contributed by atoms with Gasteiger partial charge in [-0.05, 0) is 74.9 Å². The Bertz CT molecular complexity index is 1220. The van der Waals surface area contributed by atoms with E-state index in [1.54, 1.807) is 14.2 Å². The average molecular weight is 566 g/mol. The van der Waals surface area contributed by atoms with Gasteiger partial charge in [-0.1, -0.05) is 12.1 Å². The van der Waals surface area contributed by atoms with Crippen LogP contribution in [0.5, 0.6) is 11.5 Å². The lowest BCUT2D eigenvalue weighted by molar-refractivity contribution is -0.139. The number of hydrogen-bond acceptors (Lipinski definition) is 5. The molecule has 1 aliphatic carbocycles. The predicted octanol–water partition coefficient (Wildman–Crippen LogP) is 5.73. The molecule has 0 bridgehead atoms. The number of nitrogens with zero attached hydrogens (tertiary/aromatic N) is 1. The maximum Gasteiger partial charge on any atom is 0.419 e. The Morgan fingerprint density at radius 3 is 2.50 bits per heavy atom. The summed E-state index contributed by atoms with van der Waals surface area (Å²) in [4.78, 5) is 15.4. The maximum atomic E-state index is 14.5. The summed E-state index contributed by atoms with van der Waals surface area (Å²) < 4.78 is 70.5. The molecule has 218 valence electrons. The monoisotopic (exact) mass is 565 g/mol. The molecular formula is C29H35F4N3O4. The van der Waals surface area contributed by atoms with Gasteiger partial charge in [0.1, 0.15) is 0 Å². The minimum atomic E-state index is -4.86. The number of alkyl halides is 3. The molecule has 0 aromatic heterocycles. The van der Waals surface area contributed by atoms with E-state index in [1.165, 1.54) is 5.56 Å². The molecule has 3 fully saturated rings. The van der Waals surface area contributed by atoms with Crippen molar-refractivity contribution in [1.29, 1.82) is 0 Å².